The van der Waals surface area contributed by atoms with Crippen molar-refractivity contribution in [1.82, 2.24) is 4.90 Å². The number of carbonyl (C=O) groups excluding carboxylic acids is 1. The average Bonchev–Trinajstić information content (AvgIpc) is 2.32. The molecule has 0 radical (unpaired) electrons. The Bertz CT molecular complexity index is 230. The van der Waals surface area contributed by atoms with Crippen LogP contribution in [-0.2, 0) is 4.79 Å². The zero-order valence-corrected chi connectivity index (χ0v) is 8.92. The molecule has 80 valence electrons. The van der Waals surface area contributed by atoms with Gasteiger partial charge >= 0.3 is 0 Å². The number of hydrogen-bond acceptors (Lipinski definition) is 1. The first-order valence-electron chi connectivity index (χ1n) is 5.52. The molecule has 2 fully saturated rings. The third-order valence-corrected chi connectivity index (χ3v) is 3.44. The summed E-state index contributed by atoms with van der Waals surface area (Å²) < 4.78 is 13.6. The van der Waals surface area contributed by atoms with E-state index in [4.69, 9.17) is 0 Å². The Labute approximate surface area is 84.5 Å². The second-order valence-electron chi connectivity index (χ2n) is 5.00. The van der Waals surface area contributed by atoms with E-state index in [9.17, 15) is 9.18 Å². The summed E-state index contributed by atoms with van der Waals surface area (Å²) in [5.41, 5.74) is -1.70. The highest BCUT2D eigenvalue weighted by Gasteiger charge is 2.44. The van der Waals surface area contributed by atoms with Crippen molar-refractivity contribution < 1.29 is 9.18 Å². The number of hydrogen-bond donors (Lipinski definition) is 0. The molecule has 14 heavy (non-hydrogen) atoms. The van der Waals surface area contributed by atoms with E-state index in [1.54, 1.807) is 0 Å². The van der Waals surface area contributed by atoms with Gasteiger partial charge in [0.2, 0.25) is 0 Å². The Morgan fingerprint density at radius 3 is 2.14 bits per heavy atom. The lowest BCUT2D eigenvalue weighted by Gasteiger charge is -2.37. The highest BCUT2D eigenvalue weighted by atomic mass is 19.1. The van der Waals surface area contributed by atoms with Gasteiger partial charge in [-0.25, -0.2) is 4.39 Å². The Hall–Kier alpha value is -0.600. The third kappa shape index (κ3) is 1.53. The summed E-state index contributed by atoms with van der Waals surface area (Å²) in [6.45, 7) is 2.73. The number of piperidine rings is 1. The van der Waals surface area contributed by atoms with Gasteiger partial charge in [0.25, 0.3) is 5.91 Å². The molecule has 0 aromatic carbocycles. The molecule has 2 nitrogen and oxygen atoms in total. The predicted molar refractivity (Wildman–Crippen MR) is 52.7 cm³/mol. The summed E-state index contributed by atoms with van der Waals surface area (Å²) in [4.78, 5) is 13.7. The van der Waals surface area contributed by atoms with Gasteiger partial charge in [-0.3, -0.25) is 4.79 Å². The monoisotopic (exact) mass is 199 g/mol. The van der Waals surface area contributed by atoms with Crippen LogP contribution in [0.5, 0.6) is 0 Å². The van der Waals surface area contributed by atoms with E-state index < -0.39 is 5.67 Å². The van der Waals surface area contributed by atoms with Gasteiger partial charge in [0.15, 0.2) is 5.67 Å². The van der Waals surface area contributed by atoms with Crippen LogP contribution >= 0.6 is 0 Å². The molecule has 1 amide bonds. The molecule has 2 atom stereocenters. The SMILES string of the molecule is CC(C)(F)C(=O)N1C2CCCC1CC2. The Kier molecular flexibility index (Phi) is 2.28. The molecule has 0 N–H and O–H groups in total. The molecular formula is C11H18FNO. The summed E-state index contributed by atoms with van der Waals surface area (Å²) in [6, 6.07) is 0.660. The van der Waals surface area contributed by atoms with Crippen LogP contribution < -0.4 is 0 Å². The number of halogens is 1. The fourth-order valence-corrected chi connectivity index (χ4v) is 2.76. The van der Waals surface area contributed by atoms with Gasteiger partial charge in [0, 0.05) is 12.1 Å². The summed E-state index contributed by atoms with van der Waals surface area (Å²) >= 11 is 0. The lowest BCUT2D eigenvalue weighted by molar-refractivity contribution is -0.146. The maximum Gasteiger partial charge on any atom is 0.260 e. The van der Waals surface area contributed by atoms with E-state index in [1.165, 1.54) is 20.3 Å². The molecule has 2 bridgehead atoms. The maximum atomic E-state index is 13.6. The van der Waals surface area contributed by atoms with Crippen LogP contribution in [0, 0.1) is 0 Å². The normalized spacial score (nSPS) is 32.1. The lowest BCUT2D eigenvalue weighted by atomic mass is 10.00. The van der Waals surface area contributed by atoms with Crippen molar-refractivity contribution in [3.63, 3.8) is 0 Å². The summed E-state index contributed by atoms with van der Waals surface area (Å²) in [6.07, 6.45) is 5.49. The molecule has 2 unspecified atom stereocenters. The van der Waals surface area contributed by atoms with Crippen LogP contribution in [-0.4, -0.2) is 28.6 Å². The number of fused-ring (bicyclic) bond motifs is 2. The Morgan fingerprint density at radius 2 is 1.71 bits per heavy atom. The summed E-state index contributed by atoms with van der Waals surface area (Å²) in [5, 5.41) is 0. The van der Waals surface area contributed by atoms with Gasteiger partial charge < -0.3 is 4.90 Å². The molecule has 0 saturated carbocycles. The largest absolute Gasteiger partial charge is 0.334 e. The second kappa shape index (κ2) is 3.21. The molecule has 0 aromatic heterocycles. The molecule has 2 saturated heterocycles. The molecule has 2 rings (SSSR count). The zero-order chi connectivity index (χ0) is 10.3. The number of nitrogens with zero attached hydrogens (tertiary/aromatic N) is 1. The molecule has 0 aromatic rings. The van der Waals surface area contributed by atoms with Gasteiger partial charge in [-0.2, -0.15) is 0 Å². The van der Waals surface area contributed by atoms with Crippen LogP contribution in [0.3, 0.4) is 0 Å². The van der Waals surface area contributed by atoms with E-state index in [0.717, 1.165) is 25.7 Å². The average molecular weight is 199 g/mol. The van der Waals surface area contributed by atoms with Crippen LogP contribution in [0.25, 0.3) is 0 Å². The minimum Gasteiger partial charge on any atom is -0.334 e. The topological polar surface area (TPSA) is 20.3 Å². The first kappa shape index (κ1) is 9.94. The summed E-state index contributed by atoms with van der Waals surface area (Å²) in [7, 11) is 0. The number of carbonyl (C=O) groups is 1. The highest BCUT2D eigenvalue weighted by Crippen LogP contribution is 2.37. The van der Waals surface area contributed by atoms with Crippen LogP contribution in [0.15, 0.2) is 0 Å². The van der Waals surface area contributed by atoms with Crippen molar-refractivity contribution in [2.24, 2.45) is 0 Å². The minimum absolute atomic E-state index is 0.301. The predicted octanol–water partition coefficient (Wildman–Crippen LogP) is 2.28. The summed E-state index contributed by atoms with van der Waals surface area (Å²) in [5.74, 6) is -0.301. The van der Waals surface area contributed by atoms with E-state index in [1.807, 2.05) is 4.90 Å². The second-order valence-corrected chi connectivity index (χ2v) is 5.00. The highest BCUT2D eigenvalue weighted by molar-refractivity contribution is 5.85. The van der Waals surface area contributed by atoms with Crippen LogP contribution in [0.2, 0.25) is 0 Å². The molecule has 2 aliphatic rings. The van der Waals surface area contributed by atoms with Gasteiger partial charge in [-0.1, -0.05) is 0 Å². The Balaban J connectivity index is 2.15. The first-order chi connectivity index (χ1) is 6.50. The van der Waals surface area contributed by atoms with Gasteiger partial charge in [-0.05, 0) is 46.0 Å². The smallest absolute Gasteiger partial charge is 0.260 e. The maximum absolute atomic E-state index is 13.6. The Morgan fingerprint density at radius 1 is 1.21 bits per heavy atom. The molecular weight excluding hydrogens is 181 g/mol. The van der Waals surface area contributed by atoms with E-state index in [-0.39, 0.29) is 5.91 Å². The number of alkyl halides is 1. The van der Waals surface area contributed by atoms with Crippen molar-refractivity contribution in [3.05, 3.63) is 0 Å². The quantitative estimate of drug-likeness (QED) is 0.634. The van der Waals surface area contributed by atoms with Crippen LogP contribution in [0.1, 0.15) is 46.0 Å². The molecule has 0 aliphatic carbocycles. The fraction of sp³-hybridized carbons (Fsp3) is 0.909. The fourth-order valence-electron chi connectivity index (χ4n) is 2.76. The lowest BCUT2D eigenvalue weighted by Crippen LogP contribution is -2.50. The van der Waals surface area contributed by atoms with E-state index in [0.29, 0.717) is 12.1 Å². The van der Waals surface area contributed by atoms with Crippen molar-refractivity contribution in [2.45, 2.75) is 63.7 Å². The first-order valence-corrected chi connectivity index (χ1v) is 5.52. The standard InChI is InChI=1S/C11H18FNO/c1-11(2,12)10(14)13-8-4-3-5-9(13)7-6-8/h8-9H,3-7H2,1-2H3. The van der Waals surface area contributed by atoms with Gasteiger partial charge in [0.1, 0.15) is 0 Å². The molecule has 2 aliphatic heterocycles. The van der Waals surface area contributed by atoms with Crippen molar-refractivity contribution in [3.8, 4) is 0 Å². The molecule has 3 heteroatoms. The minimum atomic E-state index is -1.70. The van der Waals surface area contributed by atoms with Crippen molar-refractivity contribution in [2.75, 3.05) is 0 Å². The number of rotatable bonds is 1. The van der Waals surface area contributed by atoms with E-state index >= 15 is 0 Å². The van der Waals surface area contributed by atoms with Crippen molar-refractivity contribution >= 4 is 5.91 Å². The number of amides is 1. The molecule has 0 spiro atoms. The van der Waals surface area contributed by atoms with Crippen molar-refractivity contribution in [1.29, 1.82) is 0 Å². The van der Waals surface area contributed by atoms with E-state index in [2.05, 4.69) is 0 Å². The van der Waals surface area contributed by atoms with Gasteiger partial charge in [-0.15, -0.1) is 0 Å². The van der Waals surface area contributed by atoms with Gasteiger partial charge in [0.05, 0.1) is 0 Å². The van der Waals surface area contributed by atoms with Crippen LogP contribution in [0.4, 0.5) is 4.39 Å². The molecule has 2 heterocycles. The third-order valence-electron chi connectivity index (χ3n) is 3.44. The zero-order valence-electron chi connectivity index (χ0n) is 8.92.